The van der Waals surface area contributed by atoms with E-state index in [0.29, 0.717) is 12.8 Å². The van der Waals surface area contributed by atoms with Gasteiger partial charge in [-0.25, -0.2) is 0 Å². The summed E-state index contributed by atoms with van der Waals surface area (Å²) in [6, 6.07) is 0. The number of esters is 1. The molecule has 0 aliphatic rings. The standard InChI is InChI=1S/C10H20O4/c1-4-5-9(11)14-8(2)6-7-10(3,12)13/h8,12-13H,4-7H2,1-3H3. The first kappa shape index (κ1) is 13.4. The Balaban J connectivity index is 3.65. The Labute approximate surface area is 84.9 Å². The van der Waals surface area contributed by atoms with Crippen molar-refractivity contribution in [3.8, 4) is 0 Å². The summed E-state index contributed by atoms with van der Waals surface area (Å²) >= 11 is 0. The number of carbonyl (C=O) groups is 1. The van der Waals surface area contributed by atoms with Gasteiger partial charge in [0, 0.05) is 12.8 Å². The molecule has 1 atom stereocenters. The monoisotopic (exact) mass is 204 g/mol. The summed E-state index contributed by atoms with van der Waals surface area (Å²) in [5.74, 6) is -1.90. The second-order valence-corrected chi connectivity index (χ2v) is 3.81. The maximum atomic E-state index is 11.0. The third kappa shape index (κ3) is 8.01. The number of ether oxygens (including phenoxy) is 1. The Kier molecular flexibility index (Phi) is 5.72. The van der Waals surface area contributed by atoms with Gasteiger partial charge in [0.1, 0.15) is 0 Å². The molecule has 0 spiro atoms. The maximum absolute atomic E-state index is 11.0. The minimum absolute atomic E-state index is 0.202. The largest absolute Gasteiger partial charge is 0.463 e. The molecule has 0 amide bonds. The molecule has 0 bridgehead atoms. The second kappa shape index (κ2) is 5.98. The summed E-state index contributed by atoms with van der Waals surface area (Å²) in [4.78, 5) is 11.0. The first-order valence-electron chi connectivity index (χ1n) is 4.99. The van der Waals surface area contributed by atoms with Crippen molar-refractivity contribution in [1.29, 1.82) is 0 Å². The van der Waals surface area contributed by atoms with Gasteiger partial charge < -0.3 is 14.9 Å². The molecule has 2 N–H and O–H groups in total. The molecule has 0 saturated carbocycles. The zero-order valence-electron chi connectivity index (χ0n) is 9.12. The topological polar surface area (TPSA) is 66.8 Å². The molecule has 1 unspecified atom stereocenters. The lowest BCUT2D eigenvalue weighted by molar-refractivity contribution is -0.162. The van der Waals surface area contributed by atoms with Crippen LogP contribution in [0.2, 0.25) is 0 Å². The highest BCUT2D eigenvalue weighted by Crippen LogP contribution is 2.12. The lowest BCUT2D eigenvalue weighted by Crippen LogP contribution is -2.25. The Morgan fingerprint density at radius 3 is 2.50 bits per heavy atom. The summed E-state index contributed by atoms with van der Waals surface area (Å²) in [6.45, 7) is 4.97. The Bertz CT molecular complexity index is 171. The van der Waals surface area contributed by atoms with Gasteiger partial charge in [0.15, 0.2) is 5.79 Å². The number of aliphatic hydroxyl groups is 2. The van der Waals surface area contributed by atoms with Gasteiger partial charge in [-0.15, -0.1) is 0 Å². The average Bonchev–Trinajstić information content (AvgIpc) is 2.00. The minimum Gasteiger partial charge on any atom is -0.463 e. The van der Waals surface area contributed by atoms with Gasteiger partial charge in [-0.05, 0) is 26.7 Å². The van der Waals surface area contributed by atoms with Crippen molar-refractivity contribution < 1.29 is 19.7 Å². The van der Waals surface area contributed by atoms with E-state index in [1.165, 1.54) is 6.92 Å². The number of carbonyl (C=O) groups excluding carboxylic acids is 1. The molecule has 84 valence electrons. The number of hydrogen-bond donors (Lipinski definition) is 2. The van der Waals surface area contributed by atoms with Crippen molar-refractivity contribution >= 4 is 5.97 Å². The van der Waals surface area contributed by atoms with Gasteiger partial charge in [0.2, 0.25) is 0 Å². The second-order valence-electron chi connectivity index (χ2n) is 3.81. The van der Waals surface area contributed by atoms with E-state index in [2.05, 4.69) is 0 Å². The minimum atomic E-state index is -1.68. The third-order valence-corrected chi connectivity index (χ3v) is 1.81. The van der Waals surface area contributed by atoms with Crippen LogP contribution in [0.25, 0.3) is 0 Å². The summed E-state index contributed by atoms with van der Waals surface area (Å²) in [5.41, 5.74) is 0. The van der Waals surface area contributed by atoms with Gasteiger partial charge in [-0.3, -0.25) is 4.79 Å². The van der Waals surface area contributed by atoms with Crippen molar-refractivity contribution in [3.05, 3.63) is 0 Å². The van der Waals surface area contributed by atoms with Crippen molar-refractivity contribution in [1.82, 2.24) is 0 Å². The molecular formula is C10H20O4. The van der Waals surface area contributed by atoms with E-state index in [1.54, 1.807) is 6.92 Å². The van der Waals surface area contributed by atoms with Crippen LogP contribution in [-0.4, -0.2) is 28.1 Å². The fourth-order valence-electron chi connectivity index (χ4n) is 1.02. The Morgan fingerprint density at radius 1 is 1.50 bits per heavy atom. The molecule has 0 aromatic carbocycles. The maximum Gasteiger partial charge on any atom is 0.306 e. The van der Waals surface area contributed by atoms with Crippen molar-refractivity contribution in [2.24, 2.45) is 0 Å². The number of rotatable bonds is 6. The molecule has 14 heavy (non-hydrogen) atoms. The van der Waals surface area contributed by atoms with Crippen LogP contribution >= 0.6 is 0 Å². The molecule has 0 aliphatic carbocycles. The van der Waals surface area contributed by atoms with Crippen LogP contribution in [0.3, 0.4) is 0 Å². The van der Waals surface area contributed by atoms with Crippen molar-refractivity contribution in [2.45, 2.75) is 58.3 Å². The van der Waals surface area contributed by atoms with E-state index >= 15 is 0 Å². The van der Waals surface area contributed by atoms with Gasteiger partial charge in [-0.1, -0.05) is 6.92 Å². The van der Waals surface area contributed by atoms with E-state index in [1.807, 2.05) is 6.92 Å². The first-order valence-corrected chi connectivity index (χ1v) is 4.99. The molecular weight excluding hydrogens is 184 g/mol. The van der Waals surface area contributed by atoms with Gasteiger partial charge in [0.25, 0.3) is 0 Å². The molecule has 0 saturated heterocycles. The zero-order chi connectivity index (χ0) is 11.2. The van der Waals surface area contributed by atoms with Crippen molar-refractivity contribution in [2.75, 3.05) is 0 Å². The fourth-order valence-corrected chi connectivity index (χ4v) is 1.02. The highest BCUT2D eigenvalue weighted by molar-refractivity contribution is 5.69. The van der Waals surface area contributed by atoms with Crippen LogP contribution in [0.4, 0.5) is 0 Å². The molecule has 0 aliphatic heterocycles. The van der Waals surface area contributed by atoms with Gasteiger partial charge in [-0.2, -0.15) is 0 Å². The van der Waals surface area contributed by atoms with Gasteiger partial charge in [0.05, 0.1) is 6.10 Å². The summed E-state index contributed by atoms with van der Waals surface area (Å²) in [7, 11) is 0. The molecule has 4 nitrogen and oxygen atoms in total. The average molecular weight is 204 g/mol. The fraction of sp³-hybridized carbons (Fsp3) is 0.900. The third-order valence-electron chi connectivity index (χ3n) is 1.81. The highest BCUT2D eigenvalue weighted by atomic mass is 16.5. The first-order chi connectivity index (χ1) is 6.35. The molecule has 4 heteroatoms. The molecule has 0 rings (SSSR count). The lowest BCUT2D eigenvalue weighted by Gasteiger charge is -2.19. The van der Waals surface area contributed by atoms with E-state index in [0.717, 1.165) is 6.42 Å². The normalized spacial score (nSPS) is 13.8. The predicted molar refractivity (Wildman–Crippen MR) is 52.5 cm³/mol. The molecule has 0 aromatic rings. The Hall–Kier alpha value is -0.610. The van der Waals surface area contributed by atoms with Gasteiger partial charge >= 0.3 is 5.97 Å². The van der Waals surface area contributed by atoms with Crippen LogP contribution in [0.1, 0.15) is 46.5 Å². The van der Waals surface area contributed by atoms with Crippen LogP contribution in [0.5, 0.6) is 0 Å². The highest BCUT2D eigenvalue weighted by Gasteiger charge is 2.17. The summed E-state index contributed by atoms with van der Waals surface area (Å²) < 4.78 is 5.03. The quantitative estimate of drug-likeness (QED) is 0.504. The van der Waals surface area contributed by atoms with E-state index in [4.69, 9.17) is 14.9 Å². The number of hydrogen-bond acceptors (Lipinski definition) is 4. The lowest BCUT2D eigenvalue weighted by atomic mass is 10.1. The van der Waals surface area contributed by atoms with Crippen molar-refractivity contribution in [3.63, 3.8) is 0 Å². The van der Waals surface area contributed by atoms with Crippen LogP contribution in [-0.2, 0) is 9.53 Å². The smallest absolute Gasteiger partial charge is 0.306 e. The van der Waals surface area contributed by atoms with E-state index in [9.17, 15) is 4.79 Å². The van der Waals surface area contributed by atoms with Crippen LogP contribution < -0.4 is 0 Å². The van der Waals surface area contributed by atoms with E-state index in [-0.39, 0.29) is 18.5 Å². The zero-order valence-corrected chi connectivity index (χ0v) is 9.12. The SMILES string of the molecule is CCCC(=O)OC(C)CCC(C)(O)O. The van der Waals surface area contributed by atoms with Crippen LogP contribution in [0.15, 0.2) is 0 Å². The van der Waals surface area contributed by atoms with Crippen LogP contribution in [0, 0.1) is 0 Å². The molecule has 0 fully saturated rings. The predicted octanol–water partition coefficient (Wildman–Crippen LogP) is 1.20. The van der Waals surface area contributed by atoms with E-state index < -0.39 is 5.79 Å². The molecule has 0 radical (unpaired) electrons. The summed E-state index contributed by atoms with van der Waals surface area (Å²) in [6.07, 6.45) is 1.59. The Morgan fingerprint density at radius 2 is 2.07 bits per heavy atom. The summed E-state index contributed by atoms with van der Waals surface area (Å²) in [5, 5.41) is 18.0. The molecule has 0 aromatic heterocycles. The molecule has 0 heterocycles.